The minimum absolute atomic E-state index is 0.491. The molecule has 0 fully saturated rings. The number of furan rings is 1. The summed E-state index contributed by atoms with van der Waals surface area (Å²) in [5.41, 5.74) is 3.04. The van der Waals surface area contributed by atoms with E-state index in [2.05, 4.69) is 15.9 Å². The van der Waals surface area contributed by atoms with Gasteiger partial charge in [0.1, 0.15) is 0 Å². The monoisotopic (exact) mass is 280 g/mol. The topological polar surface area (TPSA) is 33.4 Å². The first-order valence-corrected chi connectivity index (χ1v) is 5.92. The van der Waals surface area contributed by atoms with Crippen LogP contribution in [0.15, 0.2) is 45.7 Å². The van der Waals surface area contributed by atoms with Gasteiger partial charge in [0.2, 0.25) is 0 Å². The Morgan fingerprint density at radius 2 is 2.19 bits per heavy atom. The summed E-state index contributed by atoms with van der Waals surface area (Å²) >= 11 is 3.46. The van der Waals surface area contributed by atoms with Crippen LogP contribution in [0.1, 0.15) is 22.8 Å². The van der Waals surface area contributed by atoms with E-state index in [-0.39, 0.29) is 0 Å². The SMILES string of the molecule is Cc1c(Br)cccc1C(O)Cc1ccoc1. The van der Waals surface area contributed by atoms with Crippen LogP contribution < -0.4 is 0 Å². The van der Waals surface area contributed by atoms with Gasteiger partial charge >= 0.3 is 0 Å². The van der Waals surface area contributed by atoms with Gasteiger partial charge in [0, 0.05) is 10.9 Å². The molecule has 2 nitrogen and oxygen atoms in total. The van der Waals surface area contributed by atoms with Gasteiger partial charge < -0.3 is 9.52 Å². The second kappa shape index (κ2) is 4.85. The normalized spacial score (nSPS) is 12.7. The molecule has 0 bridgehead atoms. The molecule has 1 aromatic heterocycles. The van der Waals surface area contributed by atoms with Crippen molar-refractivity contribution in [2.75, 3.05) is 0 Å². The molecule has 0 spiro atoms. The quantitative estimate of drug-likeness (QED) is 0.932. The molecule has 16 heavy (non-hydrogen) atoms. The first-order valence-electron chi connectivity index (χ1n) is 5.12. The highest BCUT2D eigenvalue weighted by Gasteiger charge is 2.12. The number of rotatable bonds is 3. The van der Waals surface area contributed by atoms with E-state index in [9.17, 15) is 5.11 Å². The van der Waals surface area contributed by atoms with Crippen molar-refractivity contribution >= 4 is 15.9 Å². The lowest BCUT2D eigenvalue weighted by Gasteiger charge is -2.13. The van der Waals surface area contributed by atoms with Crippen LogP contribution in [-0.4, -0.2) is 5.11 Å². The smallest absolute Gasteiger partial charge is 0.0935 e. The third-order valence-electron chi connectivity index (χ3n) is 2.68. The van der Waals surface area contributed by atoms with E-state index in [1.807, 2.05) is 31.2 Å². The summed E-state index contributed by atoms with van der Waals surface area (Å²) in [4.78, 5) is 0. The Balaban J connectivity index is 2.21. The van der Waals surface area contributed by atoms with Crippen molar-refractivity contribution in [1.29, 1.82) is 0 Å². The van der Waals surface area contributed by atoms with Crippen molar-refractivity contribution in [1.82, 2.24) is 0 Å². The highest BCUT2D eigenvalue weighted by atomic mass is 79.9. The van der Waals surface area contributed by atoms with E-state index in [0.29, 0.717) is 6.42 Å². The Bertz CT molecular complexity index is 463. The van der Waals surface area contributed by atoms with Crippen molar-refractivity contribution in [3.05, 3.63) is 58.0 Å². The van der Waals surface area contributed by atoms with Crippen molar-refractivity contribution in [2.24, 2.45) is 0 Å². The molecule has 84 valence electrons. The second-order valence-electron chi connectivity index (χ2n) is 3.81. The van der Waals surface area contributed by atoms with Gasteiger partial charge in [-0.15, -0.1) is 0 Å². The molecule has 0 aliphatic carbocycles. The summed E-state index contributed by atoms with van der Waals surface area (Å²) in [6.07, 6.45) is 3.37. The number of hydrogen-bond acceptors (Lipinski definition) is 2. The number of halogens is 1. The maximum Gasteiger partial charge on any atom is 0.0935 e. The zero-order chi connectivity index (χ0) is 11.5. The number of hydrogen-bond donors (Lipinski definition) is 1. The number of aliphatic hydroxyl groups is 1. The molecule has 0 aliphatic heterocycles. The summed E-state index contributed by atoms with van der Waals surface area (Å²) in [5, 5.41) is 10.1. The molecule has 2 aromatic rings. The Labute approximate surface area is 103 Å². The average molecular weight is 281 g/mol. The average Bonchev–Trinajstić information content (AvgIpc) is 2.74. The molecule has 3 heteroatoms. The zero-order valence-electron chi connectivity index (χ0n) is 8.98. The first-order chi connectivity index (χ1) is 7.68. The maximum absolute atomic E-state index is 10.1. The third kappa shape index (κ3) is 2.36. The highest BCUT2D eigenvalue weighted by Crippen LogP contribution is 2.26. The summed E-state index contributed by atoms with van der Waals surface area (Å²) in [6, 6.07) is 7.73. The largest absolute Gasteiger partial charge is 0.472 e. The van der Waals surface area contributed by atoms with Gasteiger partial charge in [-0.05, 0) is 35.7 Å². The predicted molar refractivity (Wildman–Crippen MR) is 66.3 cm³/mol. The van der Waals surface area contributed by atoms with Gasteiger partial charge in [-0.25, -0.2) is 0 Å². The van der Waals surface area contributed by atoms with E-state index in [1.165, 1.54) is 0 Å². The summed E-state index contributed by atoms with van der Waals surface area (Å²) in [6.45, 7) is 2.00. The Hall–Kier alpha value is -1.06. The minimum Gasteiger partial charge on any atom is -0.472 e. The van der Waals surface area contributed by atoms with Gasteiger partial charge in [-0.2, -0.15) is 0 Å². The lowest BCUT2D eigenvalue weighted by Crippen LogP contribution is -2.03. The maximum atomic E-state index is 10.1. The van der Waals surface area contributed by atoms with E-state index < -0.39 is 6.10 Å². The van der Waals surface area contributed by atoms with Crippen molar-refractivity contribution in [2.45, 2.75) is 19.4 Å². The van der Waals surface area contributed by atoms with Crippen LogP contribution in [0.2, 0.25) is 0 Å². The van der Waals surface area contributed by atoms with E-state index in [4.69, 9.17) is 4.42 Å². The summed E-state index contributed by atoms with van der Waals surface area (Å²) in [7, 11) is 0. The molecule has 0 radical (unpaired) electrons. The van der Waals surface area contributed by atoms with E-state index in [0.717, 1.165) is 21.2 Å². The van der Waals surface area contributed by atoms with Gasteiger partial charge in [0.05, 0.1) is 18.6 Å². The zero-order valence-corrected chi connectivity index (χ0v) is 10.6. The van der Waals surface area contributed by atoms with Gasteiger partial charge in [-0.3, -0.25) is 0 Å². The summed E-state index contributed by atoms with van der Waals surface area (Å²) in [5.74, 6) is 0. The van der Waals surface area contributed by atoms with Crippen molar-refractivity contribution < 1.29 is 9.52 Å². The van der Waals surface area contributed by atoms with Crippen LogP contribution in [0.25, 0.3) is 0 Å². The molecule has 0 saturated heterocycles. The molecular weight excluding hydrogens is 268 g/mol. The highest BCUT2D eigenvalue weighted by molar-refractivity contribution is 9.10. The first kappa shape index (κ1) is 11.4. The molecule has 0 amide bonds. The standard InChI is InChI=1S/C13H13BrO2/c1-9-11(3-2-4-12(9)14)13(15)7-10-5-6-16-8-10/h2-6,8,13,15H,7H2,1H3. The molecule has 1 heterocycles. The molecule has 0 aliphatic rings. The molecule has 1 atom stereocenters. The Kier molecular flexibility index (Phi) is 3.46. The van der Waals surface area contributed by atoms with Gasteiger partial charge in [0.15, 0.2) is 0 Å². The fourth-order valence-corrected chi connectivity index (χ4v) is 2.11. The van der Waals surface area contributed by atoms with Gasteiger partial charge in [0.25, 0.3) is 0 Å². The van der Waals surface area contributed by atoms with E-state index in [1.54, 1.807) is 12.5 Å². The number of benzene rings is 1. The second-order valence-corrected chi connectivity index (χ2v) is 4.66. The molecule has 0 saturated carbocycles. The predicted octanol–water partition coefficient (Wildman–Crippen LogP) is 3.63. The summed E-state index contributed by atoms with van der Waals surface area (Å²) < 4.78 is 6.01. The lowest BCUT2D eigenvalue weighted by atomic mass is 9.99. The molecule has 1 unspecified atom stereocenters. The molecular formula is C13H13BrO2. The fraction of sp³-hybridized carbons (Fsp3) is 0.231. The number of aliphatic hydroxyl groups excluding tert-OH is 1. The van der Waals surface area contributed by atoms with Gasteiger partial charge in [-0.1, -0.05) is 28.1 Å². The molecule has 1 aromatic carbocycles. The van der Waals surface area contributed by atoms with Crippen LogP contribution >= 0.6 is 15.9 Å². The van der Waals surface area contributed by atoms with E-state index >= 15 is 0 Å². The van der Waals surface area contributed by atoms with Crippen LogP contribution in [0.3, 0.4) is 0 Å². The molecule has 2 rings (SSSR count). The van der Waals surface area contributed by atoms with Crippen LogP contribution in [0.5, 0.6) is 0 Å². The van der Waals surface area contributed by atoms with Crippen molar-refractivity contribution in [3.8, 4) is 0 Å². The van der Waals surface area contributed by atoms with Crippen LogP contribution in [0.4, 0.5) is 0 Å². The van der Waals surface area contributed by atoms with Crippen LogP contribution in [0, 0.1) is 6.92 Å². The van der Waals surface area contributed by atoms with Crippen LogP contribution in [-0.2, 0) is 6.42 Å². The minimum atomic E-state index is -0.491. The lowest BCUT2D eigenvalue weighted by molar-refractivity contribution is 0.177. The Morgan fingerprint density at radius 3 is 2.88 bits per heavy atom. The Morgan fingerprint density at radius 1 is 1.38 bits per heavy atom. The van der Waals surface area contributed by atoms with Crippen molar-refractivity contribution in [3.63, 3.8) is 0 Å². The fourth-order valence-electron chi connectivity index (χ4n) is 1.73. The third-order valence-corrected chi connectivity index (χ3v) is 3.54. The molecule has 1 N–H and O–H groups in total.